The highest BCUT2D eigenvalue weighted by atomic mass is 32.2. The van der Waals surface area contributed by atoms with Gasteiger partial charge in [-0.05, 0) is 30.7 Å². The van der Waals surface area contributed by atoms with Gasteiger partial charge in [0.25, 0.3) is 0 Å². The van der Waals surface area contributed by atoms with Gasteiger partial charge < -0.3 is 5.73 Å². The SMILES string of the molecule is Cc1cc(S(=O)(=O)Cc2cn(C)nn2)ccc1N. The molecule has 0 aliphatic carbocycles. The number of nitrogens with zero attached hydrogens (tertiary/aromatic N) is 3. The number of anilines is 1. The van der Waals surface area contributed by atoms with Gasteiger partial charge in [-0.2, -0.15) is 0 Å². The third kappa shape index (κ3) is 2.51. The highest BCUT2D eigenvalue weighted by molar-refractivity contribution is 7.90. The predicted octanol–water partition coefficient (Wildman–Crippen LogP) is 0.680. The molecule has 0 atom stereocenters. The van der Waals surface area contributed by atoms with E-state index >= 15 is 0 Å². The van der Waals surface area contributed by atoms with Crippen LogP contribution in [0.3, 0.4) is 0 Å². The van der Waals surface area contributed by atoms with Gasteiger partial charge in [0, 0.05) is 18.9 Å². The minimum absolute atomic E-state index is 0.163. The van der Waals surface area contributed by atoms with Crippen molar-refractivity contribution in [1.82, 2.24) is 15.0 Å². The summed E-state index contributed by atoms with van der Waals surface area (Å²) in [6.07, 6.45) is 1.59. The van der Waals surface area contributed by atoms with Crippen molar-refractivity contribution >= 4 is 15.5 Å². The number of nitrogens with two attached hydrogens (primary N) is 1. The molecule has 0 bridgehead atoms. The molecule has 1 aromatic heterocycles. The molecule has 18 heavy (non-hydrogen) atoms. The quantitative estimate of drug-likeness (QED) is 0.825. The number of aromatic nitrogens is 3. The van der Waals surface area contributed by atoms with E-state index in [0.717, 1.165) is 5.56 Å². The van der Waals surface area contributed by atoms with E-state index in [-0.39, 0.29) is 10.6 Å². The van der Waals surface area contributed by atoms with Crippen LogP contribution in [0.2, 0.25) is 0 Å². The molecule has 7 heteroatoms. The second kappa shape index (κ2) is 4.41. The second-order valence-electron chi connectivity index (χ2n) is 4.16. The van der Waals surface area contributed by atoms with E-state index < -0.39 is 9.84 Å². The van der Waals surface area contributed by atoms with Gasteiger partial charge in [-0.25, -0.2) is 8.42 Å². The zero-order valence-electron chi connectivity index (χ0n) is 10.2. The molecule has 0 aliphatic heterocycles. The van der Waals surface area contributed by atoms with Crippen molar-refractivity contribution in [1.29, 1.82) is 0 Å². The maximum atomic E-state index is 12.2. The first-order valence-corrected chi connectivity index (χ1v) is 6.98. The van der Waals surface area contributed by atoms with Crippen molar-refractivity contribution in [3.8, 4) is 0 Å². The minimum atomic E-state index is -3.41. The van der Waals surface area contributed by atoms with E-state index in [9.17, 15) is 8.42 Å². The zero-order chi connectivity index (χ0) is 13.3. The predicted molar refractivity (Wildman–Crippen MR) is 67.5 cm³/mol. The number of benzene rings is 1. The van der Waals surface area contributed by atoms with E-state index in [1.54, 1.807) is 32.3 Å². The third-order valence-corrected chi connectivity index (χ3v) is 4.24. The number of rotatable bonds is 3. The van der Waals surface area contributed by atoms with E-state index in [4.69, 9.17) is 5.73 Å². The summed E-state index contributed by atoms with van der Waals surface area (Å²) in [6.45, 7) is 1.77. The Labute approximate surface area is 105 Å². The molecule has 6 nitrogen and oxygen atoms in total. The van der Waals surface area contributed by atoms with Crippen LogP contribution in [0.25, 0.3) is 0 Å². The van der Waals surface area contributed by atoms with Crippen LogP contribution in [-0.2, 0) is 22.6 Å². The van der Waals surface area contributed by atoms with E-state index in [0.29, 0.717) is 11.4 Å². The molecular weight excluding hydrogens is 252 g/mol. The van der Waals surface area contributed by atoms with Crippen molar-refractivity contribution in [3.63, 3.8) is 0 Å². The number of nitrogen functional groups attached to an aromatic ring is 1. The van der Waals surface area contributed by atoms with Crippen molar-refractivity contribution < 1.29 is 8.42 Å². The summed E-state index contributed by atoms with van der Waals surface area (Å²) in [5.41, 5.74) is 7.41. The monoisotopic (exact) mass is 266 g/mol. The lowest BCUT2D eigenvalue weighted by Crippen LogP contribution is -2.06. The third-order valence-electron chi connectivity index (χ3n) is 2.59. The lowest BCUT2D eigenvalue weighted by molar-refractivity contribution is 0.594. The van der Waals surface area contributed by atoms with E-state index in [1.807, 2.05) is 0 Å². The maximum absolute atomic E-state index is 12.2. The van der Waals surface area contributed by atoms with Crippen LogP contribution in [0.1, 0.15) is 11.3 Å². The Balaban J connectivity index is 2.33. The highest BCUT2D eigenvalue weighted by Gasteiger charge is 2.17. The number of hydrogen-bond acceptors (Lipinski definition) is 5. The first kappa shape index (κ1) is 12.6. The Morgan fingerprint density at radius 3 is 2.67 bits per heavy atom. The van der Waals surface area contributed by atoms with Crippen LogP contribution in [0, 0.1) is 6.92 Å². The van der Waals surface area contributed by atoms with Gasteiger partial charge >= 0.3 is 0 Å². The fourth-order valence-electron chi connectivity index (χ4n) is 1.58. The molecule has 0 radical (unpaired) electrons. The minimum Gasteiger partial charge on any atom is -0.399 e. The Morgan fingerprint density at radius 2 is 2.11 bits per heavy atom. The number of aryl methyl sites for hydroxylation is 2. The first-order chi connectivity index (χ1) is 8.38. The van der Waals surface area contributed by atoms with Crippen molar-refractivity contribution in [2.75, 3.05) is 5.73 Å². The molecule has 0 saturated carbocycles. The smallest absolute Gasteiger partial charge is 0.184 e. The van der Waals surface area contributed by atoms with Gasteiger partial charge in [-0.3, -0.25) is 4.68 Å². The van der Waals surface area contributed by atoms with Gasteiger partial charge in [0.1, 0.15) is 5.75 Å². The molecule has 0 unspecified atom stereocenters. The molecule has 96 valence electrons. The summed E-state index contributed by atoms with van der Waals surface area (Å²) in [4.78, 5) is 0.250. The van der Waals surface area contributed by atoms with Gasteiger partial charge in [-0.15, -0.1) is 5.10 Å². The van der Waals surface area contributed by atoms with Gasteiger partial charge in [-0.1, -0.05) is 5.21 Å². The summed E-state index contributed by atoms with van der Waals surface area (Å²) in [5.74, 6) is -0.163. The average Bonchev–Trinajstić information content (AvgIpc) is 2.67. The van der Waals surface area contributed by atoms with Crippen LogP contribution in [0.5, 0.6) is 0 Å². The Kier molecular flexibility index (Phi) is 3.08. The Morgan fingerprint density at radius 1 is 1.39 bits per heavy atom. The standard InChI is InChI=1S/C11H14N4O2S/c1-8-5-10(3-4-11(8)12)18(16,17)7-9-6-15(2)14-13-9/h3-6H,7,12H2,1-2H3. The summed E-state index contributed by atoms with van der Waals surface area (Å²) in [7, 11) is -1.72. The first-order valence-electron chi connectivity index (χ1n) is 5.32. The summed E-state index contributed by atoms with van der Waals surface area (Å²) >= 11 is 0. The number of sulfone groups is 1. The molecular formula is C11H14N4O2S. The molecule has 0 fully saturated rings. The Hall–Kier alpha value is -1.89. The zero-order valence-corrected chi connectivity index (χ0v) is 11.0. The molecule has 0 saturated heterocycles. The van der Waals surface area contributed by atoms with Gasteiger partial charge in [0.05, 0.1) is 10.6 Å². The molecule has 0 amide bonds. The molecule has 1 heterocycles. The highest BCUT2D eigenvalue weighted by Crippen LogP contribution is 2.20. The molecule has 2 aromatic rings. The van der Waals surface area contributed by atoms with Crippen LogP contribution in [0.4, 0.5) is 5.69 Å². The van der Waals surface area contributed by atoms with Crippen molar-refractivity contribution in [2.45, 2.75) is 17.6 Å². The fourth-order valence-corrected chi connectivity index (χ4v) is 2.90. The maximum Gasteiger partial charge on any atom is 0.184 e. The van der Waals surface area contributed by atoms with Gasteiger partial charge in [0.2, 0.25) is 0 Å². The molecule has 2 rings (SSSR count). The largest absolute Gasteiger partial charge is 0.399 e. The average molecular weight is 266 g/mol. The topological polar surface area (TPSA) is 90.9 Å². The second-order valence-corrected chi connectivity index (χ2v) is 6.15. The van der Waals surface area contributed by atoms with Crippen LogP contribution < -0.4 is 5.73 Å². The lowest BCUT2D eigenvalue weighted by atomic mass is 10.2. The van der Waals surface area contributed by atoms with Crippen LogP contribution >= 0.6 is 0 Å². The van der Waals surface area contributed by atoms with Crippen molar-refractivity contribution in [3.05, 3.63) is 35.7 Å². The van der Waals surface area contributed by atoms with Crippen LogP contribution in [-0.4, -0.2) is 23.4 Å². The summed E-state index contributed by atoms with van der Waals surface area (Å²) in [6, 6.07) is 4.67. The van der Waals surface area contributed by atoms with E-state index in [1.165, 1.54) is 10.7 Å². The Bertz CT molecular complexity index is 676. The lowest BCUT2D eigenvalue weighted by Gasteiger charge is -2.05. The normalized spacial score (nSPS) is 11.7. The molecule has 0 aliphatic rings. The molecule has 1 aromatic carbocycles. The molecule has 0 spiro atoms. The fraction of sp³-hybridized carbons (Fsp3) is 0.273. The summed E-state index contributed by atoms with van der Waals surface area (Å²) < 4.78 is 25.8. The van der Waals surface area contributed by atoms with E-state index in [2.05, 4.69) is 10.3 Å². The van der Waals surface area contributed by atoms with Crippen molar-refractivity contribution in [2.24, 2.45) is 7.05 Å². The molecule has 2 N–H and O–H groups in total. The van der Waals surface area contributed by atoms with Crippen LogP contribution in [0.15, 0.2) is 29.3 Å². The summed E-state index contributed by atoms with van der Waals surface area (Å²) in [5, 5.41) is 7.48. The van der Waals surface area contributed by atoms with Gasteiger partial charge in [0.15, 0.2) is 9.84 Å². The number of hydrogen-bond donors (Lipinski definition) is 1.